The number of benzene rings is 1. The first-order chi connectivity index (χ1) is 13.2. The monoisotopic (exact) mass is 518 g/mol. The zero-order valence-electron chi connectivity index (χ0n) is 17.1. The molecule has 0 amide bonds. The average molecular weight is 518 g/mol. The van der Waals surface area contributed by atoms with Gasteiger partial charge in [0.05, 0.1) is 25.3 Å². The smallest absolute Gasteiger partial charge is 0.191 e. The summed E-state index contributed by atoms with van der Waals surface area (Å²) < 4.78 is 11.1. The molecule has 0 saturated carbocycles. The Kier molecular flexibility index (Phi) is 11.9. The Bertz CT molecular complexity index is 737. The molecule has 2 N–H and O–H groups in total. The standard InChI is InChI=1S/C20H30N4O2S.HI/c1-5-11-26-17-8-7-16(12-18(17)25-4)14-24-20(21-6-2)22-10-9-19-23-13-15(3)27-19;/h7-8,12-13H,5-6,9-11,14H2,1-4H3,(H2,21,22,24);1H. The molecule has 0 saturated heterocycles. The lowest BCUT2D eigenvalue weighted by Gasteiger charge is -2.12. The number of nitrogens with zero attached hydrogens (tertiary/aromatic N) is 2. The van der Waals surface area contributed by atoms with Gasteiger partial charge in [-0.3, -0.25) is 0 Å². The van der Waals surface area contributed by atoms with Gasteiger partial charge in [0.2, 0.25) is 0 Å². The summed E-state index contributed by atoms with van der Waals surface area (Å²) >= 11 is 1.74. The van der Waals surface area contributed by atoms with Crippen LogP contribution in [-0.4, -0.2) is 37.7 Å². The number of aliphatic imine (C=N–C) groups is 1. The van der Waals surface area contributed by atoms with Gasteiger partial charge in [-0.05, 0) is 38.0 Å². The van der Waals surface area contributed by atoms with E-state index in [9.17, 15) is 0 Å². The van der Waals surface area contributed by atoms with Gasteiger partial charge in [0.15, 0.2) is 17.5 Å². The predicted octanol–water partition coefficient (Wildman–Crippen LogP) is 4.16. The lowest BCUT2D eigenvalue weighted by Crippen LogP contribution is -2.38. The number of hydrogen-bond donors (Lipinski definition) is 2. The maximum absolute atomic E-state index is 5.70. The van der Waals surface area contributed by atoms with Crippen LogP contribution in [0, 0.1) is 6.92 Å². The molecule has 156 valence electrons. The minimum atomic E-state index is 0. The van der Waals surface area contributed by atoms with Crippen molar-refractivity contribution in [3.63, 3.8) is 0 Å². The number of nitrogens with one attached hydrogen (secondary N) is 2. The van der Waals surface area contributed by atoms with E-state index in [4.69, 9.17) is 9.47 Å². The number of aryl methyl sites for hydroxylation is 1. The van der Waals surface area contributed by atoms with Gasteiger partial charge in [0.25, 0.3) is 0 Å². The third-order valence-electron chi connectivity index (χ3n) is 3.75. The lowest BCUT2D eigenvalue weighted by atomic mass is 10.2. The van der Waals surface area contributed by atoms with E-state index >= 15 is 0 Å². The van der Waals surface area contributed by atoms with E-state index in [2.05, 4.69) is 41.4 Å². The third-order valence-corrected chi connectivity index (χ3v) is 4.73. The van der Waals surface area contributed by atoms with Crippen molar-refractivity contribution < 1.29 is 9.47 Å². The van der Waals surface area contributed by atoms with Crippen LogP contribution in [0.3, 0.4) is 0 Å². The van der Waals surface area contributed by atoms with Crippen LogP contribution in [0.1, 0.15) is 35.7 Å². The fourth-order valence-corrected chi connectivity index (χ4v) is 3.25. The maximum Gasteiger partial charge on any atom is 0.191 e. The molecule has 28 heavy (non-hydrogen) atoms. The van der Waals surface area contributed by atoms with Crippen LogP contribution in [0.15, 0.2) is 29.4 Å². The summed E-state index contributed by atoms with van der Waals surface area (Å²) in [6.07, 6.45) is 3.77. The summed E-state index contributed by atoms with van der Waals surface area (Å²) in [7, 11) is 1.66. The zero-order chi connectivity index (χ0) is 19.5. The molecule has 8 heteroatoms. The first-order valence-corrected chi connectivity index (χ1v) is 10.2. The Morgan fingerprint density at radius 2 is 2.04 bits per heavy atom. The molecule has 1 heterocycles. The van der Waals surface area contributed by atoms with Crippen molar-refractivity contribution in [2.75, 3.05) is 26.8 Å². The second-order valence-corrected chi connectivity index (χ2v) is 7.39. The van der Waals surface area contributed by atoms with Crippen LogP contribution in [-0.2, 0) is 13.0 Å². The number of hydrogen-bond acceptors (Lipinski definition) is 5. The fourth-order valence-electron chi connectivity index (χ4n) is 2.46. The quantitative estimate of drug-likeness (QED) is 0.281. The van der Waals surface area contributed by atoms with Gasteiger partial charge in [-0.25, -0.2) is 9.98 Å². The van der Waals surface area contributed by atoms with E-state index in [0.29, 0.717) is 13.2 Å². The Balaban J connectivity index is 0.00000392. The largest absolute Gasteiger partial charge is 0.493 e. The van der Waals surface area contributed by atoms with Gasteiger partial charge in [-0.15, -0.1) is 35.3 Å². The fraction of sp³-hybridized carbons (Fsp3) is 0.500. The summed E-state index contributed by atoms with van der Waals surface area (Å²) in [5, 5.41) is 7.79. The van der Waals surface area contributed by atoms with Crippen molar-refractivity contribution in [3.8, 4) is 11.5 Å². The number of guanidine groups is 1. The minimum Gasteiger partial charge on any atom is -0.493 e. The molecule has 0 aliphatic rings. The molecule has 2 aromatic rings. The summed E-state index contributed by atoms with van der Waals surface area (Å²) in [5.74, 6) is 2.32. The summed E-state index contributed by atoms with van der Waals surface area (Å²) in [6.45, 7) is 9.08. The van der Waals surface area contributed by atoms with Gasteiger partial charge in [-0.1, -0.05) is 13.0 Å². The van der Waals surface area contributed by atoms with Crippen LogP contribution in [0.4, 0.5) is 0 Å². The van der Waals surface area contributed by atoms with E-state index in [1.54, 1.807) is 18.4 Å². The SMILES string of the molecule is CCCOc1ccc(CN=C(NCC)NCCc2ncc(C)s2)cc1OC.I. The maximum atomic E-state index is 5.70. The first-order valence-electron chi connectivity index (χ1n) is 9.39. The van der Waals surface area contributed by atoms with E-state index in [-0.39, 0.29) is 24.0 Å². The highest BCUT2D eigenvalue weighted by molar-refractivity contribution is 14.0. The van der Waals surface area contributed by atoms with Gasteiger partial charge < -0.3 is 20.1 Å². The molecule has 0 fully saturated rings. The van der Waals surface area contributed by atoms with Gasteiger partial charge in [0, 0.05) is 30.6 Å². The van der Waals surface area contributed by atoms with E-state index in [1.165, 1.54) is 4.88 Å². The topological polar surface area (TPSA) is 67.8 Å². The average Bonchev–Trinajstić information content (AvgIpc) is 3.09. The Morgan fingerprint density at radius 1 is 1.21 bits per heavy atom. The van der Waals surface area contributed by atoms with Crippen molar-refractivity contribution in [1.29, 1.82) is 0 Å². The number of halogens is 1. The highest BCUT2D eigenvalue weighted by atomic mass is 127. The van der Waals surface area contributed by atoms with E-state index < -0.39 is 0 Å². The Hall–Kier alpha value is -1.55. The van der Waals surface area contributed by atoms with Gasteiger partial charge >= 0.3 is 0 Å². The third kappa shape index (κ3) is 8.22. The molecule has 0 atom stereocenters. The zero-order valence-corrected chi connectivity index (χ0v) is 20.2. The summed E-state index contributed by atoms with van der Waals surface area (Å²) in [5.41, 5.74) is 1.07. The lowest BCUT2D eigenvalue weighted by molar-refractivity contribution is 0.294. The molecular weight excluding hydrogens is 487 g/mol. The van der Waals surface area contributed by atoms with Gasteiger partial charge in [0.1, 0.15) is 0 Å². The number of aromatic nitrogens is 1. The number of rotatable bonds is 10. The summed E-state index contributed by atoms with van der Waals surface area (Å²) in [6, 6.07) is 5.96. The number of thiazole rings is 1. The predicted molar refractivity (Wildman–Crippen MR) is 128 cm³/mol. The Morgan fingerprint density at radius 3 is 2.68 bits per heavy atom. The van der Waals surface area contributed by atoms with E-state index in [0.717, 1.165) is 54.0 Å². The van der Waals surface area contributed by atoms with Crippen molar-refractivity contribution >= 4 is 41.3 Å². The molecule has 1 aromatic carbocycles. The van der Waals surface area contributed by atoms with Gasteiger partial charge in [-0.2, -0.15) is 0 Å². The highest BCUT2D eigenvalue weighted by Crippen LogP contribution is 2.28. The van der Waals surface area contributed by atoms with Crippen molar-refractivity contribution in [1.82, 2.24) is 15.6 Å². The molecular formula is C20H31IN4O2S. The second kappa shape index (κ2) is 13.6. The molecule has 0 aliphatic carbocycles. The number of ether oxygens (including phenoxy) is 2. The molecule has 6 nitrogen and oxygen atoms in total. The molecule has 0 bridgehead atoms. The van der Waals surface area contributed by atoms with Crippen molar-refractivity contribution in [2.45, 2.75) is 40.2 Å². The van der Waals surface area contributed by atoms with Crippen LogP contribution in [0.5, 0.6) is 11.5 Å². The molecule has 0 unspecified atom stereocenters. The minimum absolute atomic E-state index is 0. The molecule has 0 spiro atoms. The van der Waals surface area contributed by atoms with E-state index in [1.807, 2.05) is 24.4 Å². The Labute approximate surface area is 189 Å². The molecule has 2 rings (SSSR count). The van der Waals surface area contributed by atoms with Crippen LogP contribution in [0.25, 0.3) is 0 Å². The van der Waals surface area contributed by atoms with Crippen molar-refractivity contribution in [3.05, 3.63) is 39.8 Å². The van der Waals surface area contributed by atoms with Crippen LogP contribution >= 0.6 is 35.3 Å². The molecule has 0 aliphatic heterocycles. The molecule has 0 radical (unpaired) electrons. The number of methoxy groups -OCH3 is 1. The van der Waals surface area contributed by atoms with Crippen LogP contribution in [0.2, 0.25) is 0 Å². The van der Waals surface area contributed by atoms with Crippen LogP contribution < -0.4 is 20.1 Å². The van der Waals surface area contributed by atoms with Crippen molar-refractivity contribution in [2.24, 2.45) is 4.99 Å². The molecule has 1 aromatic heterocycles. The summed E-state index contributed by atoms with van der Waals surface area (Å²) in [4.78, 5) is 10.3. The highest BCUT2D eigenvalue weighted by Gasteiger charge is 2.06. The first kappa shape index (κ1) is 24.5. The normalized spacial score (nSPS) is 10.9. The second-order valence-electron chi connectivity index (χ2n) is 6.07.